The first-order chi connectivity index (χ1) is 25.0. The quantitative estimate of drug-likeness (QED) is 0.0912. The van der Waals surface area contributed by atoms with Crippen molar-refractivity contribution in [3.63, 3.8) is 0 Å². The largest absolute Gasteiger partial charge is 0.321 e. The molecule has 0 fully saturated rings. The summed E-state index contributed by atoms with van der Waals surface area (Å²) in [7, 11) is 0. The molecule has 0 aliphatic carbocycles. The molecule has 3 amide bonds. The van der Waals surface area contributed by atoms with Crippen molar-refractivity contribution in [3.05, 3.63) is 172 Å². The summed E-state index contributed by atoms with van der Waals surface area (Å²) in [5.74, 6) is -1.03. The number of hydrogen-bond donors (Lipinski definition) is 3. The number of fused-ring (bicyclic) bond motifs is 1. The fraction of sp³-hybridized carbons (Fsp3) is 0.0244. The summed E-state index contributed by atoms with van der Waals surface area (Å²) in [5, 5.41) is 14.8. The van der Waals surface area contributed by atoms with Crippen LogP contribution in [0.5, 0.6) is 0 Å². The molecule has 7 rings (SSSR count). The fourth-order valence-electron chi connectivity index (χ4n) is 5.29. The van der Waals surface area contributed by atoms with Gasteiger partial charge in [0.25, 0.3) is 11.8 Å². The Morgan fingerprint density at radius 3 is 2.18 bits per heavy atom. The molecule has 0 saturated heterocycles. The number of carbonyl (C=O) groups excluding carboxylic acids is 3. The molecule has 51 heavy (non-hydrogen) atoms. The van der Waals surface area contributed by atoms with Crippen LogP contribution in [0.3, 0.4) is 0 Å². The number of thiophene rings is 1. The highest BCUT2D eigenvalue weighted by atomic mass is 32.2. The zero-order valence-electron chi connectivity index (χ0n) is 27.0. The summed E-state index contributed by atoms with van der Waals surface area (Å²) in [6, 6.07) is 43.8. The van der Waals surface area contributed by atoms with Crippen LogP contribution in [0.2, 0.25) is 0 Å². The summed E-state index contributed by atoms with van der Waals surface area (Å²) in [6.07, 6.45) is 1.65. The fourth-order valence-corrected chi connectivity index (χ4v) is 7.70. The van der Waals surface area contributed by atoms with Gasteiger partial charge in [0, 0.05) is 32.0 Å². The number of nitrogens with one attached hydrogen (secondary N) is 3. The number of rotatable bonds is 11. The Labute approximate surface area is 307 Å². The van der Waals surface area contributed by atoms with Gasteiger partial charge in [0.15, 0.2) is 5.13 Å². The number of benzene rings is 5. The molecule has 2 heterocycles. The van der Waals surface area contributed by atoms with E-state index < -0.39 is 11.2 Å². The summed E-state index contributed by atoms with van der Waals surface area (Å²) in [4.78, 5) is 46.5. The molecular formula is C41H30N4O3S3. The smallest absolute Gasteiger partial charge is 0.272 e. The molecule has 7 aromatic rings. The topological polar surface area (TPSA) is 100 Å². The van der Waals surface area contributed by atoms with Gasteiger partial charge in [-0.25, -0.2) is 4.98 Å². The van der Waals surface area contributed by atoms with E-state index in [2.05, 4.69) is 40.2 Å². The van der Waals surface area contributed by atoms with Crippen LogP contribution in [0.15, 0.2) is 161 Å². The SMILES string of the molecule is O=C(Nc1ccc(SC(C(=O)Nc2nc(-c3ccc4ccccc4c3)cs2)c2ccccc2)cc1)/C(=C/c1cccs1)NC(=O)c1ccccc1. The number of hydrogen-bond acceptors (Lipinski definition) is 7. The third-order valence-corrected chi connectivity index (χ3v) is 10.7. The lowest BCUT2D eigenvalue weighted by Gasteiger charge is -2.17. The molecule has 0 bridgehead atoms. The van der Waals surface area contributed by atoms with E-state index in [0.717, 1.165) is 37.4 Å². The summed E-state index contributed by atoms with van der Waals surface area (Å²) in [5.41, 5.74) is 3.74. The highest BCUT2D eigenvalue weighted by Crippen LogP contribution is 2.37. The molecule has 1 unspecified atom stereocenters. The third kappa shape index (κ3) is 8.50. The summed E-state index contributed by atoms with van der Waals surface area (Å²) >= 11 is 4.25. The Morgan fingerprint density at radius 1 is 0.706 bits per heavy atom. The predicted octanol–water partition coefficient (Wildman–Crippen LogP) is 9.91. The van der Waals surface area contributed by atoms with Gasteiger partial charge in [0.1, 0.15) is 10.9 Å². The van der Waals surface area contributed by atoms with Gasteiger partial charge in [0.05, 0.1) is 5.69 Å². The number of nitrogens with zero attached hydrogens (tertiary/aromatic N) is 1. The number of aromatic nitrogens is 1. The minimum Gasteiger partial charge on any atom is -0.321 e. The van der Waals surface area contributed by atoms with Crippen LogP contribution in [-0.2, 0) is 9.59 Å². The maximum atomic E-state index is 13.8. The summed E-state index contributed by atoms with van der Waals surface area (Å²) < 4.78 is 0. The molecule has 0 saturated carbocycles. The monoisotopic (exact) mass is 722 g/mol. The van der Waals surface area contributed by atoms with E-state index in [-0.39, 0.29) is 17.5 Å². The van der Waals surface area contributed by atoms with Gasteiger partial charge in [-0.05, 0) is 76.3 Å². The number of amides is 3. The highest BCUT2D eigenvalue weighted by Gasteiger charge is 2.24. The Kier molecular flexibility index (Phi) is 10.4. The van der Waals surface area contributed by atoms with Crippen LogP contribution >= 0.6 is 34.4 Å². The Bertz CT molecular complexity index is 2320. The third-order valence-electron chi connectivity index (χ3n) is 7.84. The first-order valence-electron chi connectivity index (χ1n) is 16.0. The first kappa shape index (κ1) is 33.7. The van der Waals surface area contributed by atoms with Crippen LogP contribution in [0, 0.1) is 0 Å². The molecule has 2 aromatic heterocycles. The van der Waals surface area contributed by atoms with E-state index in [9.17, 15) is 14.4 Å². The molecule has 0 spiro atoms. The van der Waals surface area contributed by atoms with E-state index in [0.29, 0.717) is 16.4 Å². The predicted molar refractivity (Wildman–Crippen MR) is 210 cm³/mol. The van der Waals surface area contributed by atoms with Crippen LogP contribution in [0.4, 0.5) is 10.8 Å². The minimum absolute atomic E-state index is 0.122. The Morgan fingerprint density at radius 2 is 1.43 bits per heavy atom. The summed E-state index contributed by atoms with van der Waals surface area (Å²) in [6.45, 7) is 0. The van der Waals surface area contributed by atoms with Gasteiger partial charge < -0.3 is 16.0 Å². The van der Waals surface area contributed by atoms with Crippen molar-refractivity contribution in [1.82, 2.24) is 10.3 Å². The number of carbonyl (C=O) groups is 3. The lowest BCUT2D eigenvalue weighted by Crippen LogP contribution is -2.30. The zero-order chi connectivity index (χ0) is 35.0. The van der Waals surface area contributed by atoms with E-state index >= 15 is 0 Å². The van der Waals surface area contributed by atoms with Gasteiger partial charge in [-0.15, -0.1) is 34.4 Å². The number of thioether (sulfide) groups is 1. The second-order valence-corrected chi connectivity index (χ2v) is 14.4. The molecule has 3 N–H and O–H groups in total. The van der Waals surface area contributed by atoms with Crippen molar-refractivity contribution in [2.75, 3.05) is 10.6 Å². The second kappa shape index (κ2) is 15.8. The molecule has 0 aliphatic rings. The Balaban J connectivity index is 1.05. The highest BCUT2D eigenvalue weighted by molar-refractivity contribution is 8.00. The van der Waals surface area contributed by atoms with Gasteiger partial charge in [-0.3, -0.25) is 14.4 Å². The van der Waals surface area contributed by atoms with Crippen molar-refractivity contribution in [2.24, 2.45) is 0 Å². The van der Waals surface area contributed by atoms with Gasteiger partial charge in [-0.2, -0.15) is 0 Å². The number of thiazole rings is 1. The van der Waals surface area contributed by atoms with Crippen molar-refractivity contribution in [1.29, 1.82) is 0 Å². The lowest BCUT2D eigenvalue weighted by molar-refractivity contribution is -0.116. The average Bonchev–Trinajstić information content (AvgIpc) is 3.87. The molecule has 10 heteroatoms. The molecule has 1 atom stereocenters. The molecule has 0 radical (unpaired) electrons. The van der Waals surface area contributed by atoms with Crippen molar-refractivity contribution >= 4 is 79.8 Å². The lowest BCUT2D eigenvalue weighted by atomic mass is 10.1. The van der Waals surface area contributed by atoms with Gasteiger partial charge >= 0.3 is 0 Å². The molecule has 250 valence electrons. The van der Waals surface area contributed by atoms with Crippen LogP contribution < -0.4 is 16.0 Å². The molecule has 5 aromatic carbocycles. The van der Waals surface area contributed by atoms with Crippen molar-refractivity contribution < 1.29 is 14.4 Å². The molecule has 0 aliphatic heterocycles. The maximum absolute atomic E-state index is 13.8. The van der Waals surface area contributed by atoms with Gasteiger partial charge in [0.2, 0.25) is 5.91 Å². The standard InChI is InChI=1S/C41H30N4O3S3/c46-38(29-13-5-2-6-14-29)43-35(25-34-16-9-23-49-34)39(47)42-32-19-21-33(22-20-32)51-37(28-11-3-1-4-12-28)40(48)45-41-44-36(26-50-41)31-18-17-27-10-7-8-15-30(27)24-31/h1-26,37H,(H,42,47)(H,43,46)(H,44,45,48)/b35-25-. The van der Waals surface area contributed by atoms with Crippen molar-refractivity contribution in [3.8, 4) is 11.3 Å². The first-order valence-corrected chi connectivity index (χ1v) is 18.6. The van der Waals surface area contributed by atoms with E-state index in [1.807, 2.05) is 89.6 Å². The Hall–Kier alpha value is -5.81. The number of anilines is 2. The second-order valence-electron chi connectivity index (χ2n) is 11.4. The van der Waals surface area contributed by atoms with E-state index in [4.69, 9.17) is 4.98 Å². The maximum Gasteiger partial charge on any atom is 0.272 e. The normalized spacial score (nSPS) is 11.9. The molecular weight excluding hydrogens is 693 g/mol. The molecule has 7 nitrogen and oxygen atoms in total. The van der Waals surface area contributed by atoms with E-state index in [1.165, 1.54) is 34.4 Å². The average molecular weight is 723 g/mol. The van der Waals surface area contributed by atoms with Gasteiger partial charge in [-0.1, -0.05) is 91.0 Å². The zero-order valence-corrected chi connectivity index (χ0v) is 29.4. The van der Waals surface area contributed by atoms with Crippen LogP contribution in [-0.4, -0.2) is 22.7 Å². The van der Waals surface area contributed by atoms with E-state index in [1.54, 1.807) is 42.5 Å². The van der Waals surface area contributed by atoms with Crippen LogP contribution in [0.1, 0.15) is 26.0 Å². The minimum atomic E-state index is -0.562. The van der Waals surface area contributed by atoms with Crippen molar-refractivity contribution in [2.45, 2.75) is 10.1 Å². The van der Waals surface area contributed by atoms with Crippen LogP contribution in [0.25, 0.3) is 28.1 Å².